The van der Waals surface area contributed by atoms with E-state index in [4.69, 9.17) is 9.47 Å². The summed E-state index contributed by atoms with van der Waals surface area (Å²) in [6.07, 6.45) is 0.342. The summed E-state index contributed by atoms with van der Waals surface area (Å²) < 4.78 is 23.8. The molecule has 1 aromatic carbocycles. The highest BCUT2D eigenvalue weighted by Gasteiger charge is 2.34. The molecule has 1 heterocycles. The maximum Gasteiger partial charge on any atom is 0.410 e. The van der Waals surface area contributed by atoms with Gasteiger partial charge in [0.25, 0.3) is 0 Å². The number of hydrogen-bond acceptors (Lipinski definition) is 4. The van der Waals surface area contributed by atoms with Crippen molar-refractivity contribution in [2.75, 3.05) is 19.7 Å². The highest BCUT2D eigenvalue weighted by molar-refractivity contribution is 5.68. The number of hydrogen-bond donors (Lipinski definition) is 0. The summed E-state index contributed by atoms with van der Waals surface area (Å²) in [5.74, 6) is -0.604. The van der Waals surface area contributed by atoms with Gasteiger partial charge in [-0.2, -0.15) is 0 Å². The van der Waals surface area contributed by atoms with E-state index in [1.807, 2.05) is 20.8 Å². The second-order valence-electron chi connectivity index (χ2n) is 7.44. The SMILES string of the molecule is CC(=O)OC[C@@H]1CN(C(=O)OC(C)(C)C)CC[C@H]1c1ccc(F)cc1. The minimum absolute atomic E-state index is 0.0596. The Morgan fingerprint density at radius 1 is 1.24 bits per heavy atom. The van der Waals surface area contributed by atoms with Crippen molar-refractivity contribution in [1.82, 2.24) is 4.90 Å². The van der Waals surface area contributed by atoms with Crippen LogP contribution in [0.5, 0.6) is 0 Å². The number of nitrogens with zero attached hydrogens (tertiary/aromatic N) is 1. The van der Waals surface area contributed by atoms with Gasteiger partial charge in [-0.05, 0) is 50.8 Å². The normalized spacial score (nSPS) is 20.9. The average Bonchev–Trinajstić information content (AvgIpc) is 2.52. The van der Waals surface area contributed by atoms with E-state index >= 15 is 0 Å². The smallest absolute Gasteiger partial charge is 0.410 e. The number of piperidine rings is 1. The van der Waals surface area contributed by atoms with Crippen molar-refractivity contribution in [3.8, 4) is 0 Å². The van der Waals surface area contributed by atoms with Crippen LogP contribution in [0.2, 0.25) is 0 Å². The van der Waals surface area contributed by atoms with Crippen LogP contribution in [-0.2, 0) is 14.3 Å². The van der Waals surface area contributed by atoms with Gasteiger partial charge in [-0.1, -0.05) is 12.1 Å². The lowest BCUT2D eigenvalue weighted by Gasteiger charge is -2.39. The molecule has 0 spiro atoms. The molecule has 1 aromatic rings. The number of benzene rings is 1. The molecule has 25 heavy (non-hydrogen) atoms. The molecule has 0 bridgehead atoms. The van der Waals surface area contributed by atoms with Gasteiger partial charge in [0.1, 0.15) is 11.4 Å². The van der Waals surface area contributed by atoms with E-state index in [1.54, 1.807) is 17.0 Å². The van der Waals surface area contributed by atoms with E-state index < -0.39 is 5.60 Å². The summed E-state index contributed by atoms with van der Waals surface area (Å²) in [4.78, 5) is 25.2. The fourth-order valence-corrected chi connectivity index (χ4v) is 3.07. The number of rotatable bonds is 3. The monoisotopic (exact) mass is 351 g/mol. The van der Waals surface area contributed by atoms with Crippen LogP contribution in [0.4, 0.5) is 9.18 Å². The van der Waals surface area contributed by atoms with Gasteiger partial charge in [-0.3, -0.25) is 4.79 Å². The zero-order valence-electron chi connectivity index (χ0n) is 15.3. The fraction of sp³-hybridized carbons (Fsp3) is 0.579. The molecule has 0 N–H and O–H groups in total. The molecular formula is C19H26FNO4. The third-order valence-corrected chi connectivity index (χ3v) is 4.18. The maximum atomic E-state index is 13.2. The largest absolute Gasteiger partial charge is 0.465 e. The lowest BCUT2D eigenvalue weighted by Crippen LogP contribution is -2.46. The summed E-state index contributed by atoms with van der Waals surface area (Å²) >= 11 is 0. The topological polar surface area (TPSA) is 55.8 Å². The Bertz CT molecular complexity index is 609. The summed E-state index contributed by atoms with van der Waals surface area (Å²) in [7, 11) is 0. The summed E-state index contributed by atoms with van der Waals surface area (Å²) in [6.45, 7) is 8.04. The fourth-order valence-electron chi connectivity index (χ4n) is 3.07. The molecule has 1 amide bonds. The van der Waals surface area contributed by atoms with Crippen LogP contribution in [0.25, 0.3) is 0 Å². The van der Waals surface area contributed by atoms with E-state index in [9.17, 15) is 14.0 Å². The third-order valence-electron chi connectivity index (χ3n) is 4.18. The molecule has 1 fully saturated rings. The Balaban J connectivity index is 2.12. The standard InChI is InChI=1S/C19H26FNO4/c1-13(22)24-12-15-11-21(18(23)25-19(2,3)4)10-9-17(15)14-5-7-16(20)8-6-14/h5-8,15,17H,9-12H2,1-4H3/t15-,17-/m0/s1. The van der Waals surface area contributed by atoms with Crippen molar-refractivity contribution in [3.05, 3.63) is 35.6 Å². The number of ether oxygens (including phenoxy) is 2. The van der Waals surface area contributed by atoms with Crippen molar-refractivity contribution >= 4 is 12.1 Å². The van der Waals surface area contributed by atoms with E-state index in [0.717, 1.165) is 5.56 Å². The Kier molecular flexibility index (Phi) is 6.03. The zero-order chi connectivity index (χ0) is 18.6. The minimum Gasteiger partial charge on any atom is -0.465 e. The first kappa shape index (κ1) is 19.2. The molecule has 0 aromatic heterocycles. The van der Waals surface area contributed by atoms with Gasteiger partial charge in [-0.25, -0.2) is 9.18 Å². The molecule has 1 saturated heterocycles. The first-order valence-corrected chi connectivity index (χ1v) is 8.52. The molecule has 2 rings (SSSR count). The molecule has 6 heteroatoms. The van der Waals surface area contributed by atoms with Crippen molar-refractivity contribution in [2.45, 2.75) is 45.6 Å². The lowest BCUT2D eigenvalue weighted by atomic mass is 9.81. The molecule has 1 aliphatic heterocycles. The first-order valence-electron chi connectivity index (χ1n) is 8.52. The third kappa shape index (κ3) is 5.73. The summed E-state index contributed by atoms with van der Waals surface area (Å²) in [6, 6.07) is 6.37. The Morgan fingerprint density at radius 2 is 1.88 bits per heavy atom. The molecule has 0 unspecified atom stereocenters. The van der Waals surface area contributed by atoms with Gasteiger partial charge in [0.2, 0.25) is 0 Å². The van der Waals surface area contributed by atoms with Crippen molar-refractivity contribution in [1.29, 1.82) is 0 Å². The Morgan fingerprint density at radius 3 is 2.44 bits per heavy atom. The van der Waals surface area contributed by atoms with Gasteiger partial charge in [0.15, 0.2) is 0 Å². The second kappa shape index (κ2) is 7.85. The molecule has 1 aliphatic rings. The predicted octanol–water partition coefficient (Wildman–Crippen LogP) is 3.73. The van der Waals surface area contributed by atoms with Gasteiger partial charge >= 0.3 is 12.1 Å². The maximum absolute atomic E-state index is 13.2. The number of amides is 1. The van der Waals surface area contributed by atoms with Crippen LogP contribution in [0.15, 0.2) is 24.3 Å². The quantitative estimate of drug-likeness (QED) is 0.779. The van der Waals surface area contributed by atoms with Crippen LogP contribution in [-0.4, -0.2) is 42.3 Å². The second-order valence-corrected chi connectivity index (χ2v) is 7.44. The highest BCUT2D eigenvalue weighted by atomic mass is 19.1. The molecule has 138 valence electrons. The van der Waals surface area contributed by atoms with Gasteiger partial charge in [0, 0.05) is 25.9 Å². The number of carbonyl (C=O) groups excluding carboxylic acids is 2. The zero-order valence-corrected chi connectivity index (χ0v) is 15.3. The lowest BCUT2D eigenvalue weighted by molar-refractivity contribution is -0.143. The predicted molar refractivity (Wildman–Crippen MR) is 91.7 cm³/mol. The van der Waals surface area contributed by atoms with Crippen molar-refractivity contribution in [3.63, 3.8) is 0 Å². The molecule has 2 atom stereocenters. The first-order chi connectivity index (χ1) is 11.7. The minimum atomic E-state index is -0.559. The van der Waals surface area contributed by atoms with Crippen molar-refractivity contribution in [2.24, 2.45) is 5.92 Å². The summed E-state index contributed by atoms with van der Waals surface area (Å²) in [5, 5.41) is 0. The van der Waals surface area contributed by atoms with Gasteiger partial charge in [-0.15, -0.1) is 0 Å². The van der Waals surface area contributed by atoms with Crippen LogP contribution >= 0.6 is 0 Å². The molecule has 5 nitrogen and oxygen atoms in total. The molecular weight excluding hydrogens is 325 g/mol. The number of esters is 1. The number of carbonyl (C=O) groups is 2. The molecule has 0 radical (unpaired) electrons. The van der Waals surface area contributed by atoms with E-state index in [0.29, 0.717) is 19.5 Å². The van der Waals surface area contributed by atoms with Crippen LogP contribution < -0.4 is 0 Å². The highest BCUT2D eigenvalue weighted by Crippen LogP contribution is 2.34. The van der Waals surface area contributed by atoms with Crippen LogP contribution in [0, 0.1) is 11.7 Å². The van der Waals surface area contributed by atoms with E-state index in [2.05, 4.69) is 0 Å². The number of likely N-dealkylation sites (tertiary alicyclic amines) is 1. The Labute approximate surface area is 148 Å². The van der Waals surface area contributed by atoms with Gasteiger partial charge < -0.3 is 14.4 Å². The Hall–Kier alpha value is -2.11. The number of halogens is 1. The van der Waals surface area contributed by atoms with Crippen LogP contribution in [0.1, 0.15) is 45.6 Å². The van der Waals surface area contributed by atoms with E-state index in [1.165, 1.54) is 19.1 Å². The van der Waals surface area contributed by atoms with Crippen LogP contribution in [0.3, 0.4) is 0 Å². The van der Waals surface area contributed by atoms with E-state index in [-0.39, 0.29) is 36.3 Å². The average molecular weight is 351 g/mol. The van der Waals surface area contributed by atoms with Gasteiger partial charge in [0.05, 0.1) is 6.61 Å². The molecule has 0 aliphatic carbocycles. The molecule has 0 saturated carbocycles. The van der Waals surface area contributed by atoms with Crippen molar-refractivity contribution < 1.29 is 23.5 Å². The summed E-state index contributed by atoms with van der Waals surface area (Å²) in [5.41, 5.74) is 0.429.